The van der Waals surface area contributed by atoms with Crippen LogP contribution in [0.25, 0.3) is 10.7 Å². The number of benzene rings is 1. The fourth-order valence-corrected chi connectivity index (χ4v) is 3.47. The lowest BCUT2D eigenvalue weighted by Crippen LogP contribution is -2.28. The van der Waals surface area contributed by atoms with E-state index >= 15 is 0 Å². The quantitative estimate of drug-likeness (QED) is 0.716. The van der Waals surface area contributed by atoms with Gasteiger partial charge in [-0.05, 0) is 36.8 Å². The second kappa shape index (κ2) is 7.74. The van der Waals surface area contributed by atoms with Gasteiger partial charge < -0.3 is 10.4 Å². The standard InChI is InChI=1S/C18H16ClN3O2S/c1-11-16(25-18(22-11)14-7-2-3-8-20-14)17(24)21-10-15(23)12-5-4-6-13(19)9-12/h2-9,15,23H,10H2,1H3,(H,21,24)/t15-/m0/s1. The monoisotopic (exact) mass is 373 g/mol. The third kappa shape index (κ3) is 4.22. The Morgan fingerprint density at radius 3 is 2.88 bits per heavy atom. The van der Waals surface area contributed by atoms with E-state index in [-0.39, 0.29) is 12.5 Å². The molecule has 0 aliphatic rings. The predicted octanol–water partition coefficient (Wildman–Crippen LogP) is 3.63. The number of pyridine rings is 1. The molecule has 2 heterocycles. The molecule has 0 saturated heterocycles. The van der Waals surface area contributed by atoms with Gasteiger partial charge in [0.05, 0.1) is 17.5 Å². The molecule has 2 N–H and O–H groups in total. The Bertz CT molecular complexity index is 883. The number of aryl methyl sites for hydroxylation is 1. The van der Waals surface area contributed by atoms with Crippen LogP contribution in [0.1, 0.15) is 27.0 Å². The summed E-state index contributed by atoms with van der Waals surface area (Å²) in [5, 5.41) is 14.2. The molecule has 25 heavy (non-hydrogen) atoms. The maximum atomic E-state index is 12.4. The molecule has 0 radical (unpaired) electrons. The molecule has 1 amide bonds. The first-order chi connectivity index (χ1) is 12.0. The van der Waals surface area contributed by atoms with Crippen LogP contribution >= 0.6 is 22.9 Å². The highest BCUT2D eigenvalue weighted by Gasteiger charge is 2.18. The summed E-state index contributed by atoms with van der Waals surface area (Å²) in [5.74, 6) is -0.266. The summed E-state index contributed by atoms with van der Waals surface area (Å²) in [7, 11) is 0. The second-order valence-corrected chi connectivity index (χ2v) is 6.86. The number of halogens is 1. The number of carbonyl (C=O) groups excluding carboxylic acids is 1. The van der Waals surface area contributed by atoms with Crippen LogP contribution in [0.5, 0.6) is 0 Å². The first-order valence-corrected chi connectivity index (χ1v) is 8.84. The van der Waals surface area contributed by atoms with E-state index in [1.165, 1.54) is 11.3 Å². The largest absolute Gasteiger partial charge is 0.387 e. The zero-order chi connectivity index (χ0) is 17.8. The van der Waals surface area contributed by atoms with Gasteiger partial charge in [-0.2, -0.15) is 0 Å². The molecule has 7 heteroatoms. The van der Waals surface area contributed by atoms with Crippen LogP contribution in [-0.2, 0) is 0 Å². The Labute approximate surface area is 154 Å². The maximum absolute atomic E-state index is 12.4. The van der Waals surface area contributed by atoms with Crippen LogP contribution in [0, 0.1) is 6.92 Å². The zero-order valence-electron chi connectivity index (χ0n) is 13.4. The minimum absolute atomic E-state index is 0.0927. The van der Waals surface area contributed by atoms with Crippen molar-refractivity contribution >= 4 is 28.8 Å². The lowest BCUT2D eigenvalue weighted by atomic mass is 10.1. The first kappa shape index (κ1) is 17.5. The molecule has 1 aromatic carbocycles. The summed E-state index contributed by atoms with van der Waals surface area (Å²) in [5.41, 5.74) is 2.03. The molecule has 2 aromatic heterocycles. The van der Waals surface area contributed by atoms with Crippen molar-refractivity contribution in [2.75, 3.05) is 6.54 Å². The number of aliphatic hydroxyl groups excluding tert-OH is 1. The molecule has 0 aliphatic heterocycles. The van der Waals surface area contributed by atoms with Crippen molar-refractivity contribution in [3.63, 3.8) is 0 Å². The number of aromatic nitrogens is 2. The summed E-state index contributed by atoms with van der Waals surface area (Å²) in [6, 6.07) is 12.5. The van der Waals surface area contributed by atoms with Crippen LogP contribution in [0.15, 0.2) is 48.7 Å². The molecule has 3 rings (SSSR count). The van der Waals surface area contributed by atoms with Crippen molar-refractivity contribution in [2.45, 2.75) is 13.0 Å². The van der Waals surface area contributed by atoms with Gasteiger partial charge in [-0.25, -0.2) is 4.98 Å². The molecule has 0 saturated carbocycles. The highest BCUT2D eigenvalue weighted by molar-refractivity contribution is 7.17. The van der Waals surface area contributed by atoms with Gasteiger partial charge in [-0.1, -0.05) is 29.8 Å². The Balaban J connectivity index is 1.68. The molecular weight excluding hydrogens is 358 g/mol. The van der Waals surface area contributed by atoms with Gasteiger partial charge >= 0.3 is 0 Å². The summed E-state index contributed by atoms with van der Waals surface area (Å²) in [4.78, 5) is 21.6. The lowest BCUT2D eigenvalue weighted by Gasteiger charge is -2.12. The number of aliphatic hydroxyl groups is 1. The van der Waals surface area contributed by atoms with Crippen molar-refractivity contribution in [3.05, 3.63) is 69.8 Å². The van der Waals surface area contributed by atoms with Gasteiger partial charge in [0.2, 0.25) is 0 Å². The minimum Gasteiger partial charge on any atom is -0.387 e. The van der Waals surface area contributed by atoms with Crippen molar-refractivity contribution in [2.24, 2.45) is 0 Å². The topological polar surface area (TPSA) is 75.1 Å². The van der Waals surface area contributed by atoms with E-state index in [0.29, 0.717) is 26.2 Å². The molecule has 0 bridgehead atoms. The van der Waals surface area contributed by atoms with Gasteiger partial charge in [0.15, 0.2) is 0 Å². The van der Waals surface area contributed by atoms with E-state index in [0.717, 1.165) is 5.69 Å². The molecule has 1 atom stereocenters. The summed E-state index contributed by atoms with van der Waals surface area (Å²) in [6.07, 6.45) is 0.860. The first-order valence-electron chi connectivity index (χ1n) is 7.65. The Morgan fingerprint density at radius 2 is 2.16 bits per heavy atom. The number of nitrogens with zero attached hydrogens (tertiary/aromatic N) is 2. The highest BCUT2D eigenvalue weighted by Crippen LogP contribution is 2.26. The molecule has 0 spiro atoms. The van der Waals surface area contributed by atoms with Crippen LogP contribution in [0.3, 0.4) is 0 Å². The van der Waals surface area contributed by atoms with Crippen molar-refractivity contribution in [1.29, 1.82) is 0 Å². The third-order valence-electron chi connectivity index (χ3n) is 3.58. The van der Waals surface area contributed by atoms with Crippen molar-refractivity contribution in [1.82, 2.24) is 15.3 Å². The third-order valence-corrected chi connectivity index (χ3v) is 4.99. The molecule has 128 valence electrons. The van der Waals surface area contributed by atoms with Gasteiger partial charge in [0, 0.05) is 17.8 Å². The molecular formula is C18H16ClN3O2S. The fourth-order valence-electron chi connectivity index (χ4n) is 2.31. The molecule has 0 unspecified atom stereocenters. The van der Waals surface area contributed by atoms with E-state index in [1.807, 2.05) is 18.2 Å². The maximum Gasteiger partial charge on any atom is 0.263 e. The number of hydrogen-bond donors (Lipinski definition) is 2. The Morgan fingerprint density at radius 1 is 1.32 bits per heavy atom. The Kier molecular flexibility index (Phi) is 5.43. The molecule has 0 fully saturated rings. The number of carbonyl (C=O) groups is 1. The normalized spacial score (nSPS) is 12.0. The average molecular weight is 374 g/mol. The van der Waals surface area contributed by atoms with Gasteiger partial charge in [0.25, 0.3) is 5.91 Å². The van der Waals surface area contributed by atoms with Gasteiger partial charge in [0.1, 0.15) is 9.88 Å². The number of rotatable bonds is 5. The molecule has 0 aliphatic carbocycles. The SMILES string of the molecule is Cc1nc(-c2ccccn2)sc1C(=O)NC[C@H](O)c1cccc(Cl)c1. The Hall–Kier alpha value is -2.28. The van der Waals surface area contributed by atoms with Crippen LogP contribution in [-0.4, -0.2) is 27.5 Å². The van der Waals surface area contributed by atoms with E-state index in [2.05, 4.69) is 15.3 Å². The fraction of sp³-hybridized carbons (Fsp3) is 0.167. The number of amides is 1. The predicted molar refractivity (Wildman–Crippen MR) is 98.8 cm³/mol. The summed E-state index contributed by atoms with van der Waals surface area (Å²) < 4.78 is 0. The zero-order valence-corrected chi connectivity index (χ0v) is 15.0. The number of hydrogen-bond acceptors (Lipinski definition) is 5. The summed E-state index contributed by atoms with van der Waals surface area (Å²) in [6.45, 7) is 1.88. The van der Waals surface area contributed by atoms with E-state index in [4.69, 9.17) is 11.6 Å². The molecule has 3 aromatic rings. The van der Waals surface area contributed by atoms with E-state index in [1.54, 1.807) is 37.4 Å². The highest BCUT2D eigenvalue weighted by atomic mass is 35.5. The smallest absolute Gasteiger partial charge is 0.263 e. The van der Waals surface area contributed by atoms with Crippen LogP contribution in [0.4, 0.5) is 0 Å². The average Bonchev–Trinajstić information content (AvgIpc) is 3.02. The number of nitrogens with one attached hydrogen (secondary N) is 1. The van der Waals surface area contributed by atoms with E-state index in [9.17, 15) is 9.90 Å². The molecule has 5 nitrogen and oxygen atoms in total. The minimum atomic E-state index is -0.828. The number of thiazole rings is 1. The lowest BCUT2D eigenvalue weighted by molar-refractivity contribution is 0.0919. The second-order valence-electron chi connectivity index (χ2n) is 5.43. The van der Waals surface area contributed by atoms with Gasteiger partial charge in [-0.15, -0.1) is 11.3 Å². The van der Waals surface area contributed by atoms with Crippen LogP contribution in [0.2, 0.25) is 5.02 Å². The van der Waals surface area contributed by atoms with Crippen molar-refractivity contribution < 1.29 is 9.90 Å². The van der Waals surface area contributed by atoms with Gasteiger partial charge in [-0.3, -0.25) is 9.78 Å². The van der Waals surface area contributed by atoms with Crippen LogP contribution < -0.4 is 5.32 Å². The van der Waals surface area contributed by atoms with Crippen molar-refractivity contribution in [3.8, 4) is 10.7 Å². The summed E-state index contributed by atoms with van der Waals surface area (Å²) >= 11 is 7.20. The van der Waals surface area contributed by atoms with E-state index < -0.39 is 6.10 Å².